The van der Waals surface area contributed by atoms with Crippen molar-refractivity contribution >= 4 is 22.7 Å². The molecule has 0 atom stereocenters. The molecule has 2 N–H and O–H groups in total. The van der Waals surface area contributed by atoms with E-state index in [-0.39, 0.29) is 23.4 Å². The van der Waals surface area contributed by atoms with Crippen molar-refractivity contribution in [1.29, 1.82) is 0 Å². The monoisotopic (exact) mass is 416 g/mol. The Kier molecular flexibility index (Phi) is 4.84. The SMILES string of the molecule is CCCCCCn1c(=O)c2c(n(C)c1=O)N(n1cnc3c(=O)[nH]c(=O)[nH]c31)CN2C. The predicted molar refractivity (Wildman–Crippen MR) is 112 cm³/mol. The maximum Gasteiger partial charge on any atom is 0.332 e. The lowest BCUT2D eigenvalue weighted by Gasteiger charge is -2.21. The number of aromatic nitrogens is 6. The molecule has 4 heterocycles. The highest BCUT2D eigenvalue weighted by atomic mass is 16.2. The number of hydrogen-bond donors (Lipinski definition) is 2. The standard InChI is InChI=1S/C18H24N8O4/c1-4-5-6-7-8-24-16(28)12-15(23(3)18(24)30)26(10-22(12)2)25-9-19-11-13(25)20-17(29)21-14(11)27/h9H,4-8,10H2,1-3H3,(H2,20,21,27,29). The normalized spacial score (nSPS) is 13.4. The average Bonchev–Trinajstić information content (AvgIpc) is 3.26. The summed E-state index contributed by atoms with van der Waals surface area (Å²) in [5, 5.41) is 1.63. The average molecular weight is 416 g/mol. The van der Waals surface area contributed by atoms with Gasteiger partial charge in [0.1, 0.15) is 18.7 Å². The molecule has 12 heteroatoms. The first-order valence-electron chi connectivity index (χ1n) is 9.87. The van der Waals surface area contributed by atoms with Crippen molar-refractivity contribution in [3.8, 4) is 0 Å². The molecule has 0 saturated heterocycles. The number of unbranched alkanes of at least 4 members (excludes halogenated alkanes) is 3. The second kappa shape index (κ2) is 7.35. The molecule has 0 unspecified atom stereocenters. The first-order chi connectivity index (χ1) is 14.3. The molecular weight excluding hydrogens is 392 g/mol. The molecule has 0 bridgehead atoms. The van der Waals surface area contributed by atoms with E-state index in [1.807, 2.05) is 0 Å². The molecule has 1 aliphatic rings. The summed E-state index contributed by atoms with van der Waals surface area (Å²) in [4.78, 5) is 60.4. The fraction of sp³-hybridized carbons (Fsp3) is 0.500. The number of nitrogens with one attached hydrogen (secondary N) is 2. The lowest BCUT2D eigenvalue weighted by molar-refractivity contribution is 0.533. The number of hydrogen-bond acceptors (Lipinski definition) is 7. The van der Waals surface area contributed by atoms with Gasteiger partial charge in [-0.25, -0.2) is 24.3 Å². The summed E-state index contributed by atoms with van der Waals surface area (Å²) in [7, 11) is 3.35. The first kappa shape index (κ1) is 19.7. The summed E-state index contributed by atoms with van der Waals surface area (Å²) in [6, 6.07) is 0. The van der Waals surface area contributed by atoms with Gasteiger partial charge >= 0.3 is 11.4 Å². The van der Waals surface area contributed by atoms with Crippen LogP contribution in [0.1, 0.15) is 32.6 Å². The molecule has 0 aliphatic carbocycles. The van der Waals surface area contributed by atoms with E-state index in [2.05, 4.69) is 21.9 Å². The van der Waals surface area contributed by atoms with Gasteiger partial charge in [-0.1, -0.05) is 26.2 Å². The van der Waals surface area contributed by atoms with Gasteiger partial charge in [-0.3, -0.25) is 28.7 Å². The van der Waals surface area contributed by atoms with Crippen LogP contribution in [0.2, 0.25) is 0 Å². The zero-order chi connectivity index (χ0) is 21.6. The van der Waals surface area contributed by atoms with E-state index in [1.54, 1.807) is 24.0 Å². The largest absolute Gasteiger partial charge is 0.348 e. The molecule has 1 aliphatic heterocycles. The minimum Gasteiger partial charge on any atom is -0.348 e. The van der Waals surface area contributed by atoms with Crippen molar-refractivity contribution in [1.82, 2.24) is 28.8 Å². The Labute approximate surface area is 170 Å². The smallest absolute Gasteiger partial charge is 0.332 e. The van der Waals surface area contributed by atoms with Crippen molar-refractivity contribution < 1.29 is 0 Å². The third-order valence-electron chi connectivity index (χ3n) is 5.39. The van der Waals surface area contributed by atoms with E-state index in [1.165, 1.54) is 20.1 Å². The van der Waals surface area contributed by atoms with Gasteiger partial charge < -0.3 is 4.90 Å². The molecule has 30 heavy (non-hydrogen) atoms. The highest BCUT2D eigenvalue weighted by molar-refractivity contribution is 5.75. The number of rotatable bonds is 6. The summed E-state index contributed by atoms with van der Waals surface area (Å²) >= 11 is 0. The van der Waals surface area contributed by atoms with Crippen LogP contribution in [0.5, 0.6) is 0 Å². The summed E-state index contributed by atoms with van der Waals surface area (Å²) in [5.74, 6) is 0.373. The molecule has 0 radical (unpaired) electrons. The van der Waals surface area contributed by atoms with Crippen LogP contribution in [-0.2, 0) is 13.6 Å². The fourth-order valence-electron chi connectivity index (χ4n) is 3.88. The van der Waals surface area contributed by atoms with Gasteiger partial charge in [-0.2, -0.15) is 0 Å². The van der Waals surface area contributed by atoms with E-state index < -0.39 is 16.9 Å². The Hall–Kier alpha value is -3.57. The number of H-pyrrole nitrogens is 2. The van der Waals surface area contributed by atoms with Gasteiger partial charge in [-0.15, -0.1) is 0 Å². The van der Waals surface area contributed by atoms with Crippen LogP contribution in [0.4, 0.5) is 11.5 Å². The molecule has 3 aromatic heterocycles. The quantitative estimate of drug-likeness (QED) is 0.519. The molecule has 3 aromatic rings. The van der Waals surface area contributed by atoms with Gasteiger partial charge in [0, 0.05) is 20.6 Å². The minimum atomic E-state index is -0.668. The van der Waals surface area contributed by atoms with Crippen molar-refractivity contribution in [2.24, 2.45) is 7.05 Å². The molecule has 0 saturated carbocycles. The van der Waals surface area contributed by atoms with Gasteiger partial charge in [-0.05, 0) is 6.42 Å². The molecule has 0 fully saturated rings. The number of nitrogens with zero attached hydrogens (tertiary/aromatic N) is 6. The molecule has 4 rings (SSSR count). The predicted octanol–water partition coefficient (Wildman–Crippen LogP) is -0.469. The Balaban J connectivity index is 1.85. The third kappa shape index (κ3) is 2.95. The van der Waals surface area contributed by atoms with Gasteiger partial charge in [0.2, 0.25) is 0 Å². The summed E-state index contributed by atoms with van der Waals surface area (Å²) < 4.78 is 4.16. The van der Waals surface area contributed by atoms with E-state index >= 15 is 0 Å². The van der Waals surface area contributed by atoms with Crippen molar-refractivity contribution in [3.05, 3.63) is 48.0 Å². The molecule has 12 nitrogen and oxygen atoms in total. The summed E-state index contributed by atoms with van der Waals surface area (Å²) in [6.45, 7) is 2.70. The topological polar surface area (TPSA) is 134 Å². The first-order valence-corrected chi connectivity index (χ1v) is 9.87. The molecular formula is C18H24N8O4. The Morgan fingerprint density at radius 1 is 1.07 bits per heavy atom. The Morgan fingerprint density at radius 3 is 2.57 bits per heavy atom. The van der Waals surface area contributed by atoms with Gasteiger partial charge in [0.25, 0.3) is 11.1 Å². The Bertz CT molecular complexity index is 1340. The van der Waals surface area contributed by atoms with E-state index in [9.17, 15) is 19.2 Å². The second-order valence-corrected chi connectivity index (χ2v) is 7.46. The third-order valence-corrected chi connectivity index (χ3v) is 5.39. The van der Waals surface area contributed by atoms with Crippen molar-refractivity contribution in [2.75, 3.05) is 23.6 Å². The Morgan fingerprint density at radius 2 is 1.83 bits per heavy atom. The van der Waals surface area contributed by atoms with Gasteiger partial charge in [0.15, 0.2) is 17.0 Å². The van der Waals surface area contributed by atoms with Crippen LogP contribution >= 0.6 is 0 Å². The maximum absolute atomic E-state index is 13.1. The molecule has 0 aromatic carbocycles. The van der Waals surface area contributed by atoms with E-state index in [4.69, 9.17) is 0 Å². The summed E-state index contributed by atoms with van der Waals surface area (Å²) in [5.41, 5.74) is -1.44. The van der Waals surface area contributed by atoms with E-state index in [0.717, 1.165) is 25.7 Å². The maximum atomic E-state index is 13.1. The van der Waals surface area contributed by atoms with E-state index in [0.29, 0.717) is 18.1 Å². The highest BCUT2D eigenvalue weighted by Crippen LogP contribution is 2.31. The highest BCUT2D eigenvalue weighted by Gasteiger charge is 2.33. The van der Waals surface area contributed by atoms with Crippen LogP contribution in [0.25, 0.3) is 11.2 Å². The van der Waals surface area contributed by atoms with Crippen molar-refractivity contribution in [2.45, 2.75) is 39.2 Å². The second-order valence-electron chi connectivity index (χ2n) is 7.46. The van der Waals surface area contributed by atoms with Crippen LogP contribution in [0, 0.1) is 0 Å². The van der Waals surface area contributed by atoms with Crippen LogP contribution in [0.15, 0.2) is 25.5 Å². The lowest BCUT2D eigenvalue weighted by Crippen LogP contribution is -2.41. The molecule has 160 valence electrons. The zero-order valence-corrected chi connectivity index (χ0v) is 17.1. The zero-order valence-electron chi connectivity index (χ0n) is 17.1. The minimum absolute atomic E-state index is 0.0555. The number of aromatic amines is 2. The fourth-order valence-corrected chi connectivity index (χ4v) is 3.88. The molecule has 0 amide bonds. The van der Waals surface area contributed by atoms with Gasteiger partial charge in [0.05, 0.1) is 0 Å². The lowest BCUT2D eigenvalue weighted by atomic mass is 10.2. The molecule has 0 spiro atoms. The number of anilines is 2. The van der Waals surface area contributed by atoms with Crippen LogP contribution < -0.4 is 32.4 Å². The summed E-state index contributed by atoms with van der Waals surface area (Å²) in [6.07, 6.45) is 5.20. The number of imidazole rings is 1. The van der Waals surface area contributed by atoms with Crippen molar-refractivity contribution in [3.63, 3.8) is 0 Å². The van der Waals surface area contributed by atoms with Crippen LogP contribution in [0.3, 0.4) is 0 Å². The van der Waals surface area contributed by atoms with Crippen LogP contribution in [-0.4, -0.2) is 42.5 Å². The number of fused-ring (bicyclic) bond motifs is 2.